The molecule has 7 heteroatoms. The van der Waals surface area contributed by atoms with Crippen molar-refractivity contribution in [3.05, 3.63) is 72.1 Å². The number of ether oxygens (including phenoxy) is 1. The van der Waals surface area contributed by atoms with Crippen LogP contribution < -0.4 is 0 Å². The summed E-state index contributed by atoms with van der Waals surface area (Å²) >= 11 is 0. The lowest BCUT2D eigenvalue weighted by Gasteiger charge is -2.29. The van der Waals surface area contributed by atoms with E-state index < -0.39 is 0 Å². The van der Waals surface area contributed by atoms with Gasteiger partial charge >= 0.3 is 0 Å². The second kappa shape index (κ2) is 7.33. The summed E-state index contributed by atoms with van der Waals surface area (Å²) in [7, 11) is 0. The largest absolute Gasteiger partial charge is 0.374 e. The Bertz CT molecular complexity index is 1050. The van der Waals surface area contributed by atoms with E-state index in [1.54, 1.807) is 27.9 Å². The van der Waals surface area contributed by atoms with Gasteiger partial charge in [-0.3, -0.25) is 9.59 Å². The maximum Gasteiger partial charge on any atom is 0.254 e. The van der Waals surface area contributed by atoms with Crippen molar-refractivity contribution in [3.63, 3.8) is 0 Å². The highest BCUT2D eigenvalue weighted by Crippen LogP contribution is 2.26. The lowest BCUT2D eigenvalue weighted by Crippen LogP contribution is -2.45. The molecule has 148 valence electrons. The Balaban J connectivity index is 1.38. The van der Waals surface area contributed by atoms with Crippen LogP contribution in [0.1, 0.15) is 22.3 Å². The van der Waals surface area contributed by atoms with Crippen LogP contribution in [-0.2, 0) is 16.1 Å². The fourth-order valence-corrected chi connectivity index (χ4v) is 4.23. The van der Waals surface area contributed by atoms with Gasteiger partial charge in [-0.05, 0) is 23.8 Å². The molecule has 0 aliphatic carbocycles. The third-order valence-electron chi connectivity index (χ3n) is 5.73. The average molecular weight is 390 g/mol. The minimum absolute atomic E-state index is 0.0440. The number of nitrogens with zero attached hydrogens (tertiary/aromatic N) is 4. The number of rotatable bonds is 3. The van der Waals surface area contributed by atoms with Gasteiger partial charge in [0.1, 0.15) is 0 Å². The standard InChI is InChI=1S/C22H22N4O3/c27-21-8-11-29-20-15-24(14-19(20)25(21)13-16-4-2-1-3-5-16)22(28)17-7-10-26-18(12-17)6-9-23-26/h1-7,9-10,12,19-20H,8,11,13-15H2/t19-,20-/m0/s1. The number of aromatic nitrogens is 2. The molecule has 0 N–H and O–H groups in total. The van der Waals surface area contributed by atoms with E-state index >= 15 is 0 Å². The van der Waals surface area contributed by atoms with E-state index in [0.717, 1.165) is 11.1 Å². The van der Waals surface area contributed by atoms with E-state index in [2.05, 4.69) is 5.10 Å². The molecule has 0 saturated carbocycles. The fraction of sp³-hybridized carbons (Fsp3) is 0.318. The van der Waals surface area contributed by atoms with Crippen molar-refractivity contribution in [2.75, 3.05) is 19.7 Å². The maximum atomic E-state index is 13.1. The second-order valence-electron chi connectivity index (χ2n) is 7.56. The molecule has 4 heterocycles. The molecular formula is C22H22N4O3. The first-order chi connectivity index (χ1) is 14.2. The molecule has 2 amide bonds. The van der Waals surface area contributed by atoms with Gasteiger partial charge in [0, 0.05) is 37.6 Å². The smallest absolute Gasteiger partial charge is 0.254 e. The van der Waals surface area contributed by atoms with Gasteiger partial charge in [-0.15, -0.1) is 0 Å². The van der Waals surface area contributed by atoms with Crippen molar-refractivity contribution in [2.24, 2.45) is 0 Å². The summed E-state index contributed by atoms with van der Waals surface area (Å²) in [5.74, 6) is 0.0359. The second-order valence-corrected chi connectivity index (χ2v) is 7.56. The van der Waals surface area contributed by atoms with E-state index in [4.69, 9.17) is 4.74 Å². The van der Waals surface area contributed by atoms with Crippen LogP contribution in [0.5, 0.6) is 0 Å². The molecule has 0 bridgehead atoms. The van der Waals surface area contributed by atoms with Crippen molar-refractivity contribution in [1.29, 1.82) is 0 Å². The number of hydrogen-bond donors (Lipinski definition) is 0. The van der Waals surface area contributed by atoms with Crippen LogP contribution in [0.15, 0.2) is 60.9 Å². The molecule has 2 aromatic heterocycles. The van der Waals surface area contributed by atoms with Gasteiger partial charge in [0.25, 0.3) is 5.91 Å². The highest BCUT2D eigenvalue weighted by atomic mass is 16.5. The molecule has 5 rings (SSSR count). The van der Waals surface area contributed by atoms with Crippen LogP contribution >= 0.6 is 0 Å². The first kappa shape index (κ1) is 17.9. The van der Waals surface area contributed by atoms with Crippen LogP contribution in [0.25, 0.3) is 5.52 Å². The van der Waals surface area contributed by atoms with E-state index in [1.807, 2.05) is 47.4 Å². The van der Waals surface area contributed by atoms with Gasteiger partial charge in [-0.25, -0.2) is 4.52 Å². The molecule has 0 unspecified atom stereocenters. The van der Waals surface area contributed by atoms with Gasteiger partial charge in [-0.1, -0.05) is 30.3 Å². The molecule has 2 aliphatic heterocycles. The van der Waals surface area contributed by atoms with Gasteiger partial charge in [0.05, 0.1) is 30.7 Å². The normalized spacial score (nSPS) is 22.0. The Morgan fingerprint density at radius 2 is 2.00 bits per heavy atom. The first-order valence-corrected chi connectivity index (χ1v) is 9.87. The third-order valence-corrected chi connectivity index (χ3v) is 5.73. The predicted molar refractivity (Wildman–Crippen MR) is 106 cm³/mol. The summed E-state index contributed by atoms with van der Waals surface area (Å²) in [6.07, 6.45) is 3.72. The molecule has 1 aromatic carbocycles. The number of hydrogen-bond acceptors (Lipinski definition) is 4. The van der Waals surface area contributed by atoms with Crippen molar-refractivity contribution in [2.45, 2.75) is 25.1 Å². The zero-order chi connectivity index (χ0) is 19.8. The van der Waals surface area contributed by atoms with Crippen molar-refractivity contribution < 1.29 is 14.3 Å². The van der Waals surface area contributed by atoms with Gasteiger partial charge in [-0.2, -0.15) is 5.10 Å². The minimum Gasteiger partial charge on any atom is -0.374 e. The first-order valence-electron chi connectivity index (χ1n) is 9.87. The Morgan fingerprint density at radius 1 is 1.14 bits per heavy atom. The van der Waals surface area contributed by atoms with Gasteiger partial charge < -0.3 is 14.5 Å². The number of benzene rings is 1. The Hall–Kier alpha value is -3.19. The molecule has 2 aliphatic rings. The number of likely N-dealkylation sites (tertiary alicyclic amines) is 1. The van der Waals surface area contributed by atoms with E-state index in [9.17, 15) is 9.59 Å². The van der Waals surface area contributed by atoms with E-state index in [-0.39, 0.29) is 24.0 Å². The van der Waals surface area contributed by atoms with Crippen molar-refractivity contribution >= 4 is 17.3 Å². The highest BCUT2D eigenvalue weighted by Gasteiger charge is 2.43. The average Bonchev–Trinajstić information content (AvgIpc) is 3.36. The van der Waals surface area contributed by atoms with Crippen LogP contribution in [-0.4, -0.2) is 63.1 Å². The Morgan fingerprint density at radius 3 is 2.86 bits per heavy atom. The lowest BCUT2D eigenvalue weighted by atomic mass is 10.1. The number of fused-ring (bicyclic) bond motifs is 2. The summed E-state index contributed by atoms with van der Waals surface area (Å²) in [4.78, 5) is 29.6. The zero-order valence-corrected chi connectivity index (χ0v) is 16.0. The summed E-state index contributed by atoms with van der Waals surface area (Å²) < 4.78 is 7.70. The van der Waals surface area contributed by atoms with Crippen LogP contribution in [0.3, 0.4) is 0 Å². The SMILES string of the molecule is O=C(c1ccn2nccc2c1)N1C[C@@H]2OCCC(=O)N(Cc3ccccc3)[C@H]2C1. The predicted octanol–water partition coefficient (Wildman–Crippen LogP) is 1.98. The third kappa shape index (κ3) is 3.38. The Kier molecular flexibility index (Phi) is 4.52. The van der Waals surface area contributed by atoms with E-state index in [0.29, 0.717) is 38.2 Å². The topological polar surface area (TPSA) is 67.2 Å². The van der Waals surface area contributed by atoms with Gasteiger partial charge in [0.15, 0.2) is 0 Å². The molecule has 2 fully saturated rings. The zero-order valence-electron chi connectivity index (χ0n) is 16.0. The van der Waals surface area contributed by atoms with E-state index in [1.165, 1.54) is 0 Å². The van der Waals surface area contributed by atoms with Crippen molar-refractivity contribution in [1.82, 2.24) is 19.4 Å². The Labute approximate surface area is 168 Å². The molecule has 29 heavy (non-hydrogen) atoms. The van der Waals surface area contributed by atoms with Crippen LogP contribution in [0.4, 0.5) is 0 Å². The maximum absolute atomic E-state index is 13.1. The minimum atomic E-state index is -0.159. The highest BCUT2D eigenvalue weighted by molar-refractivity contribution is 5.95. The molecule has 2 saturated heterocycles. The van der Waals surface area contributed by atoms with Crippen molar-refractivity contribution in [3.8, 4) is 0 Å². The molecule has 0 radical (unpaired) electrons. The molecule has 7 nitrogen and oxygen atoms in total. The van der Waals surface area contributed by atoms with Crippen LogP contribution in [0.2, 0.25) is 0 Å². The molecule has 3 aromatic rings. The summed E-state index contributed by atoms with van der Waals surface area (Å²) in [6.45, 7) is 1.90. The summed E-state index contributed by atoms with van der Waals surface area (Å²) in [5.41, 5.74) is 2.58. The quantitative estimate of drug-likeness (QED) is 0.686. The number of pyridine rings is 1. The molecule has 0 spiro atoms. The van der Waals surface area contributed by atoms with Crippen LogP contribution in [0, 0.1) is 0 Å². The monoisotopic (exact) mass is 390 g/mol. The lowest BCUT2D eigenvalue weighted by molar-refractivity contribution is -0.133. The number of carbonyl (C=O) groups excluding carboxylic acids is 2. The molecule has 2 atom stereocenters. The van der Waals surface area contributed by atoms with Gasteiger partial charge in [0.2, 0.25) is 5.91 Å². The molecular weight excluding hydrogens is 368 g/mol. The summed E-state index contributed by atoms with van der Waals surface area (Å²) in [6, 6.07) is 15.3. The number of amides is 2. The summed E-state index contributed by atoms with van der Waals surface area (Å²) in [5, 5.41) is 4.17. The number of carbonyl (C=O) groups is 2. The fourth-order valence-electron chi connectivity index (χ4n) is 4.23.